The van der Waals surface area contributed by atoms with Gasteiger partial charge in [0.15, 0.2) is 11.6 Å². The van der Waals surface area contributed by atoms with Gasteiger partial charge in [-0.25, -0.2) is 8.42 Å². The van der Waals surface area contributed by atoms with E-state index in [1.165, 1.54) is 6.07 Å². The molecule has 0 saturated carbocycles. The van der Waals surface area contributed by atoms with Crippen LogP contribution in [0.5, 0.6) is 0 Å². The van der Waals surface area contributed by atoms with E-state index in [1.807, 2.05) is 19.1 Å². The maximum atomic E-state index is 12.1. The molecule has 0 aliphatic heterocycles. The molecule has 0 radical (unpaired) electrons. The van der Waals surface area contributed by atoms with E-state index in [1.54, 1.807) is 29.6 Å². The van der Waals surface area contributed by atoms with Gasteiger partial charge in [0.25, 0.3) is 10.0 Å². The molecule has 24 heavy (non-hydrogen) atoms. The second kappa shape index (κ2) is 6.76. The third-order valence-corrected chi connectivity index (χ3v) is 6.36. The van der Waals surface area contributed by atoms with E-state index in [-0.39, 0.29) is 10.0 Å². The van der Waals surface area contributed by atoms with Gasteiger partial charge >= 0.3 is 0 Å². The van der Waals surface area contributed by atoms with Crippen molar-refractivity contribution >= 4 is 50.3 Å². The zero-order valence-electron chi connectivity index (χ0n) is 12.5. The molecule has 0 unspecified atom stereocenters. The molecule has 6 nitrogen and oxygen atoms in total. The number of nitrogens with zero attached hydrogens (tertiary/aromatic N) is 2. The van der Waals surface area contributed by atoms with Crippen LogP contribution in [0.2, 0.25) is 5.02 Å². The first kappa shape index (κ1) is 16.7. The van der Waals surface area contributed by atoms with Gasteiger partial charge in [0.05, 0.1) is 0 Å². The predicted octanol–water partition coefficient (Wildman–Crippen LogP) is 4.04. The number of sulfonamides is 1. The fourth-order valence-electron chi connectivity index (χ4n) is 1.94. The summed E-state index contributed by atoms with van der Waals surface area (Å²) in [5.41, 5.74) is 1.70. The third-order valence-electron chi connectivity index (χ3n) is 3.19. The van der Waals surface area contributed by atoms with Crippen LogP contribution in [-0.4, -0.2) is 18.6 Å². The molecule has 0 amide bonds. The van der Waals surface area contributed by atoms with Crippen molar-refractivity contribution in [1.29, 1.82) is 0 Å². The summed E-state index contributed by atoms with van der Waals surface area (Å²) in [5.74, 6) is 0.635. The third kappa shape index (κ3) is 3.66. The lowest BCUT2D eigenvalue weighted by Gasteiger charge is -2.10. The van der Waals surface area contributed by atoms with Crippen molar-refractivity contribution in [3.63, 3.8) is 0 Å². The van der Waals surface area contributed by atoms with Crippen LogP contribution in [0.25, 0.3) is 0 Å². The van der Waals surface area contributed by atoms with Gasteiger partial charge in [-0.1, -0.05) is 23.7 Å². The summed E-state index contributed by atoms with van der Waals surface area (Å²) in [4.78, 5) is 0. The Morgan fingerprint density at radius 1 is 1.04 bits per heavy atom. The quantitative estimate of drug-likeness (QED) is 0.697. The molecule has 124 valence electrons. The fourth-order valence-corrected chi connectivity index (χ4v) is 4.10. The SMILES string of the molecule is Cc1c(Cl)cccc1Nc1ccc(NS(=O)(=O)c2cccs2)nn1. The van der Waals surface area contributed by atoms with Gasteiger partial charge in [0.1, 0.15) is 4.21 Å². The van der Waals surface area contributed by atoms with Crippen molar-refractivity contribution in [2.24, 2.45) is 0 Å². The molecule has 2 N–H and O–H groups in total. The van der Waals surface area contributed by atoms with Gasteiger partial charge in [0.2, 0.25) is 0 Å². The molecule has 0 saturated heterocycles. The van der Waals surface area contributed by atoms with E-state index in [9.17, 15) is 8.42 Å². The minimum atomic E-state index is -3.63. The number of nitrogens with one attached hydrogen (secondary N) is 2. The minimum absolute atomic E-state index is 0.150. The molecule has 3 rings (SSSR count). The number of rotatable bonds is 5. The second-order valence-corrected chi connectivity index (χ2v) is 8.14. The van der Waals surface area contributed by atoms with Gasteiger partial charge in [-0.05, 0) is 48.2 Å². The number of hydrogen-bond acceptors (Lipinski definition) is 6. The molecular weight excluding hydrogens is 368 g/mol. The van der Waals surface area contributed by atoms with Crippen LogP contribution in [0.3, 0.4) is 0 Å². The Morgan fingerprint density at radius 3 is 2.46 bits per heavy atom. The van der Waals surface area contributed by atoms with Crippen LogP contribution in [0, 0.1) is 6.92 Å². The van der Waals surface area contributed by atoms with Crippen LogP contribution >= 0.6 is 22.9 Å². The Bertz CT molecular complexity index is 942. The zero-order valence-corrected chi connectivity index (χ0v) is 14.9. The Balaban J connectivity index is 1.75. The fraction of sp³-hybridized carbons (Fsp3) is 0.0667. The molecular formula is C15H13ClN4O2S2. The standard InChI is InChI=1S/C15H13ClN4O2S2/c1-10-11(16)4-2-5-12(10)17-13-7-8-14(19-18-13)20-24(21,22)15-6-3-9-23-15/h2-9H,1H3,(H,17,18)(H,19,20). The summed E-state index contributed by atoms with van der Waals surface area (Å²) in [6.07, 6.45) is 0. The van der Waals surface area contributed by atoms with Crippen LogP contribution in [0.15, 0.2) is 52.1 Å². The summed E-state index contributed by atoms with van der Waals surface area (Å²) in [6.45, 7) is 1.89. The van der Waals surface area contributed by atoms with E-state index < -0.39 is 10.0 Å². The van der Waals surface area contributed by atoms with E-state index in [0.717, 1.165) is 22.6 Å². The topological polar surface area (TPSA) is 84.0 Å². The Kier molecular flexibility index (Phi) is 4.70. The van der Waals surface area contributed by atoms with E-state index >= 15 is 0 Å². The summed E-state index contributed by atoms with van der Waals surface area (Å²) < 4.78 is 26.9. The highest BCUT2D eigenvalue weighted by molar-refractivity contribution is 7.94. The van der Waals surface area contributed by atoms with Crippen molar-refractivity contribution < 1.29 is 8.42 Å². The number of hydrogen-bond donors (Lipinski definition) is 2. The molecule has 0 spiro atoms. The largest absolute Gasteiger partial charge is 0.338 e. The average molecular weight is 381 g/mol. The number of aromatic nitrogens is 2. The number of anilines is 3. The molecule has 3 aromatic rings. The van der Waals surface area contributed by atoms with Crippen molar-refractivity contribution in [2.75, 3.05) is 10.0 Å². The lowest BCUT2D eigenvalue weighted by atomic mass is 10.2. The lowest BCUT2D eigenvalue weighted by Crippen LogP contribution is -2.13. The van der Waals surface area contributed by atoms with Gasteiger partial charge < -0.3 is 5.32 Å². The van der Waals surface area contributed by atoms with Crippen molar-refractivity contribution in [1.82, 2.24) is 10.2 Å². The summed E-state index contributed by atoms with van der Waals surface area (Å²) in [5, 5.41) is 13.3. The molecule has 0 atom stereocenters. The van der Waals surface area contributed by atoms with Crippen molar-refractivity contribution in [3.8, 4) is 0 Å². The van der Waals surface area contributed by atoms with Crippen LogP contribution in [0.1, 0.15) is 5.56 Å². The normalized spacial score (nSPS) is 11.2. The van der Waals surface area contributed by atoms with Gasteiger partial charge in [-0.2, -0.15) is 0 Å². The Morgan fingerprint density at radius 2 is 1.79 bits per heavy atom. The maximum Gasteiger partial charge on any atom is 0.272 e. The van der Waals surface area contributed by atoms with E-state index in [2.05, 4.69) is 20.2 Å². The molecule has 2 heterocycles. The Hall–Kier alpha value is -2.16. The van der Waals surface area contributed by atoms with Crippen LogP contribution in [0.4, 0.5) is 17.3 Å². The van der Waals surface area contributed by atoms with Crippen LogP contribution in [-0.2, 0) is 10.0 Å². The molecule has 0 fully saturated rings. The average Bonchev–Trinajstić information content (AvgIpc) is 3.09. The summed E-state index contributed by atoms with van der Waals surface area (Å²) in [7, 11) is -3.63. The molecule has 1 aromatic carbocycles. The number of halogens is 1. The summed E-state index contributed by atoms with van der Waals surface area (Å²) in [6, 6.07) is 11.9. The van der Waals surface area contributed by atoms with Crippen molar-refractivity contribution in [3.05, 3.63) is 58.4 Å². The van der Waals surface area contributed by atoms with Crippen molar-refractivity contribution in [2.45, 2.75) is 11.1 Å². The highest BCUT2D eigenvalue weighted by Crippen LogP contribution is 2.25. The maximum absolute atomic E-state index is 12.1. The second-order valence-electron chi connectivity index (χ2n) is 4.88. The number of thiophene rings is 1. The number of benzene rings is 1. The minimum Gasteiger partial charge on any atom is -0.338 e. The first-order valence-corrected chi connectivity index (χ1v) is 9.62. The zero-order chi connectivity index (χ0) is 17.2. The predicted molar refractivity (Wildman–Crippen MR) is 96.6 cm³/mol. The lowest BCUT2D eigenvalue weighted by molar-refractivity contribution is 0.603. The molecule has 0 bridgehead atoms. The molecule has 9 heteroatoms. The molecule has 0 aliphatic rings. The highest BCUT2D eigenvalue weighted by Gasteiger charge is 2.16. The smallest absolute Gasteiger partial charge is 0.272 e. The molecule has 2 aromatic heterocycles. The van der Waals surface area contributed by atoms with Gasteiger partial charge in [-0.15, -0.1) is 21.5 Å². The highest BCUT2D eigenvalue weighted by atomic mass is 35.5. The Labute approximate surface area is 148 Å². The van der Waals surface area contributed by atoms with Crippen LogP contribution < -0.4 is 10.0 Å². The van der Waals surface area contributed by atoms with Gasteiger partial charge in [-0.3, -0.25) is 4.72 Å². The summed E-state index contributed by atoms with van der Waals surface area (Å²) >= 11 is 7.21. The van der Waals surface area contributed by atoms with E-state index in [4.69, 9.17) is 11.6 Å². The van der Waals surface area contributed by atoms with E-state index in [0.29, 0.717) is 10.8 Å². The first-order valence-electron chi connectivity index (χ1n) is 6.88. The first-order chi connectivity index (χ1) is 11.5. The van der Waals surface area contributed by atoms with Gasteiger partial charge in [0, 0.05) is 10.7 Å². The molecule has 0 aliphatic carbocycles. The monoisotopic (exact) mass is 380 g/mol.